The zero-order valence-electron chi connectivity index (χ0n) is 23.8. The largest absolute Gasteiger partial charge is 0.465 e. The highest BCUT2D eigenvalue weighted by Crippen LogP contribution is 2.38. The van der Waals surface area contributed by atoms with Crippen molar-refractivity contribution in [3.8, 4) is 0 Å². The minimum atomic E-state index is -2.72. The van der Waals surface area contributed by atoms with Crippen molar-refractivity contribution in [3.63, 3.8) is 0 Å². The molecule has 0 fully saturated rings. The van der Waals surface area contributed by atoms with Gasteiger partial charge in [0, 0.05) is 23.1 Å². The summed E-state index contributed by atoms with van der Waals surface area (Å²) in [5.74, 6) is -3.88. The molecule has 3 aromatic carbocycles. The number of ether oxygens (including phenoxy) is 1. The molecule has 0 aliphatic heterocycles. The highest BCUT2D eigenvalue weighted by atomic mass is 16.5. The van der Waals surface area contributed by atoms with Gasteiger partial charge in [-0.3, -0.25) is 19.2 Å². The van der Waals surface area contributed by atoms with E-state index in [1.54, 1.807) is 54.6 Å². The highest BCUT2D eigenvalue weighted by molar-refractivity contribution is 6.06. The molecule has 0 saturated heterocycles. The van der Waals surface area contributed by atoms with E-state index in [1.165, 1.54) is 43.3 Å². The zero-order chi connectivity index (χ0) is 31.7. The first-order valence-electron chi connectivity index (χ1n) is 13.5. The van der Waals surface area contributed by atoms with Gasteiger partial charge in [-0.25, -0.2) is 0 Å². The van der Waals surface area contributed by atoms with Crippen LogP contribution in [0.15, 0.2) is 92.5 Å². The molecule has 0 heterocycles. The van der Waals surface area contributed by atoms with Crippen molar-refractivity contribution in [1.29, 1.82) is 0 Å². The van der Waals surface area contributed by atoms with Crippen LogP contribution in [0, 0.1) is 5.41 Å². The van der Waals surface area contributed by atoms with Crippen molar-refractivity contribution in [2.75, 3.05) is 6.61 Å². The maximum atomic E-state index is 13.7. The molecule has 0 amide bonds. The predicted molar refractivity (Wildman–Crippen MR) is 164 cm³/mol. The lowest BCUT2D eigenvalue weighted by atomic mass is 9.67. The van der Waals surface area contributed by atoms with Gasteiger partial charge in [-0.2, -0.15) is 0 Å². The minimum absolute atomic E-state index is 0.0470. The molecule has 8 heteroatoms. The summed E-state index contributed by atoms with van der Waals surface area (Å²) < 4.78 is 5.27. The van der Waals surface area contributed by atoms with Crippen molar-refractivity contribution < 1.29 is 39.2 Å². The fraction of sp³-hybridized carbons (Fsp3) is 0.200. The van der Waals surface area contributed by atoms with Crippen LogP contribution in [0.3, 0.4) is 0 Å². The Labute approximate surface area is 250 Å². The van der Waals surface area contributed by atoms with E-state index < -0.39 is 53.7 Å². The standard InChI is InChI=1S/C35H34O8/c1-5-22-9-15-25(16-10-22)29(37)32(40)35(21-43-28(36)8-4,33(41)30(38)26-17-11-23(6-2)12-18-26)34(42)31(39)27-19-13-24(7-3)14-20-27/h5-7,9-20,32-34,40-42H,1-3,8,21H2,4H3. The van der Waals surface area contributed by atoms with Crippen LogP contribution in [0.1, 0.15) is 61.1 Å². The van der Waals surface area contributed by atoms with Crippen molar-refractivity contribution >= 4 is 41.5 Å². The number of esters is 1. The molecule has 0 spiro atoms. The lowest BCUT2D eigenvalue weighted by Gasteiger charge is -2.42. The Morgan fingerprint density at radius 2 is 0.907 bits per heavy atom. The number of benzene rings is 3. The van der Waals surface area contributed by atoms with E-state index >= 15 is 0 Å². The average Bonchev–Trinajstić information content (AvgIpc) is 3.06. The molecule has 0 bridgehead atoms. The molecule has 3 atom stereocenters. The number of carbonyl (C=O) groups is 4. The van der Waals surface area contributed by atoms with Crippen molar-refractivity contribution in [3.05, 3.63) is 126 Å². The van der Waals surface area contributed by atoms with Crippen LogP contribution in [0.2, 0.25) is 0 Å². The van der Waals surface area contributed by atoms with Crippen LogP contribution in [-0.2, 0) is 9.53 Å². The van der Waals surface area contributed by atoms with Crippen LogP contribution in [-0.4, -0.2) is 63.6 Å². The van der Waals surface area contributed by atoms with E-state index in [4.69, 9.17) is 4.74 Å². The Morgan fingerprint density at radius 3 is 1.14 bits per heavy atom. The van der Waals surface area contributed by atoms with Gasteiger partial charge in [0.2, 0.25) is 0 Å². The lowest BCUT2D eigenvalue weighted by Crippen LogP contribution is -2.63. The van der Waals surface area contributed by atoms with E-state index in [1.807, 2.05) is 0 Å². The van der Waals surface area contributed by atoms with E-state index in [0.29, 0.717) is 16.7 Å². The Hall–Kier alpha value is -4.76. The van der Waals surface area contributed by atoms with Gasteiger partial charge in [0.05, 0.1) is 0 Å². The molecule has 0 radical (unpaired) electrons. The van der Waals surface area contributed by atoms with E-state index in [2.05, 4.69) is 19.7 Å². The average molecular weight is 583 g/mol. The molecular weight excluding hydrogens is 548 g/mol. The van der Waals surface area contributed by atoms with Gasteiger partial charge >= 0.3 is 5.97 Å². The minimum Gasteiger partial charge on any atom is -0.465 e. The summed E-state index contributed by atoms with van der Waals surface area (Å²) in [6, 6.07) is 17.6. The molecule has 3 rings (SSSR count). The molecular formula is C35H34O8. The van der Waals surface area contributed by atoms with Crippen molar-refractivity contribution in [1.82, 2.24) is 0 Å². The molecule has 0 saturated carbocycles. The summed E-state index contributed by atoms with van der Waals surface area (Å²) in [7, 11) is 0. The fourth-order valence-corrected chi connectivity index (χ4v) is 4.55. The second-order valence-corrected chi connectivity index (χ2v) is 9.91. The summed E-state index contributed by atoms with van der Waals surface area (Å²) in [5, 5.41) is 35.0. The van der Waals surface area contributed by atoms with Gasteiger partial charge in [0.15, 0.2) is 17.3 Å². The van der Waals surface area contributed by atoms with Crippen LogP contribution in [0.4, 0.5) is 0 Å². The molecule has 0 aliphatic carbocycles. The van der Waals surface area contributed by atoms with Gasteiger partial charge in [0.25, 0.3) is 0 Å². The Morgan fingerprint density at radius 1 is 0.628 bits per heavy atom. The molecule has 222 valence electrons. The zero-order valence-corrected chi connectivity index (χ0v) is 23.8. The quantitative estimate of drug-likeness (QED) is 0.175. The normalized spacial score (nSPS) is 14.3. The first kappa shape index (κ1) is 32.8. The second kappa shape index (κ2) is 14.4. The summed E-state index contributed by atoms with van der Waals surface area (Å²) in [5.41, 5.74) is -0.846. The summed E-state index contributed by atoms with van der Waals surface area (Å²) in [6.45, 7) is 11.4. The van der Waals surface area contributed by atoms with Gasteiger partial charge in [-0.15, -0.1) is 0 Å². The van der Waals surface area contributed by atoms with E-state index in [9.17, 15) is 34.5 Å². The SMILES string of the molecule is C=Cc1ccc(C(=O)C(O)C(COC(=O)CC)(C(O)C(=O)c2ccc(C=C)cc2)C(O)C(=O)c2ccc(C=C)cc2)cc1. The van der Waals surface area contributed by atoms with Crippen LogP contribution < -0.4 is 0 Å². The third-order valence-corrected chi connectivity index (χ3v) is 7.34. The summed E-state index contributed by atoms with van der Waals surface area (Å²) >= 11 is 0. The van der Waals surface area contributed by atoms with Crippen molar-refractivity contribution in [2.24, 2.45) is 5.41 Å². The molecule has 3 N–H and O–H groups in total. The maximum Gasteiger partial charge on any atom is 0.305 e. The highest BCUT2D eigenvalue weighted by Gasteiger charge is 2.59. The summed E-state index contributed by atoms with van der Waals surface area (Å²) in [4.78, 5) is 53.5. The Kier molecular flexibility index (Phi) is 11.0. The number of aliphatic hydroxyl groups is 3. The number of ketones is 3. The molecule has 0 aliphatic rings. The number of carbonyl (C=O) groups excluding carboxylic acids is 4. The third-order valence-electron chi connectivity index (χ3n) is 7.34. The molecule has 43 heavy (non-hydrogen) atoms. The molecule has 3 unspecified atom stereocenters. The summed E-state index contributed by atoms with van der Waals surface area (Å²) in [6.07, 6.45) is -2.67. The molecule has 8 nitrogen and oxygen atoms in total. The maximum absolute atomic E-state index is 13.7. The number of hydrogen-bond acceptors (Lipinski definition) is 8. The molecule has 3 aromatic rings. The van der Waals surface area contributed by atoms with Gasteiger partial charge in [0.1, 0.15) is 30.3 Å². The van der Waals surface area contributed by atoms with Crippen LogP contribution in [0.25, 0.3) is 18.2 Å². The van der Waals surface area contributed by atoms with E-state index in [0.717, 1.165) is 0 Å². The Balaban J connectivity index is 2.22. The topological polar surface area (TPSA) is 138 Å². The first-order valence-corrected chi connectivity index (χ1v) is 13.5. The third kappa shape index (κ3) is 7.01. The predicted octanol–water partition coefficient (Wildman–Crippen LogP) is 4.59. The smallest absolute Gasteiger partial charge is 0.305 e. The van der Waals surface area contributed by atoms with Gasteiger partial charge < -0.3 is 20.1 Å². The Bertz CT molecular complexity index is 1330. The number of hydrogen-bond donors (Lipinski definition) is 3. The molecule has 0 aromatic heterocycles. The van der Waals surface area contributed by atoms with Gasteiger partial charge in [-0.05, 0) is 16.7 Å². The fourth-order valence-electron chi connectivity index (χ4n) is 4.55. The first-order chi connectivity index (χ1) is 20.5. The second-order valence-electron chi connectivity index (χ2n) is 9.91. The van der Waals surface area contributed by atoms with E-state index in [-0.39, 0.29) is 23.1 Å². The van der Waals surface area contributed by atoms with Crippen molar-refractivity contribution in [2.45, 2.75) is 31.7 Å². The van der Waals surface area contributed by atoms with Gasteiger partial charge in [-0.1, -0.05) is 118 Å². The van der Waals surface area contributed by atoms with Crippen LogP contribution >= 0.6 is 0 Å². The lowest BCUT2D eigenvalue weighted by molar-refractivity contribution is -0.163. The number of Topliss-reactive ketones (excluding diaryl/α,β-unsaturated/α-hetero) is 3. The monoisotopic (exact) mass is 582 g/mol. The number of rotatable bonds is 15. The van der Waals surface area contributed by atoms with Crippen LogP contribution in [0.5, 0.6) is 0 Å². The number of aliphatic hydroxyl groups excluding tert-OH is 3.